The Labute approximate surface area is 157 Å². The summed E-state index contributed by atoms with van der Waals surface area (Å²) < 4.78 is 4.97. The maximum absolute atomic E-state index is 12.0. The molecule has 0 saturated heterocycles. The van der Waals surface area contributed by atoms with E-state index in [0.717, 1.165) is 14.6 Å². The number of benzene rings is 1. The second-order valence-corrected chi connectivity index (χ2v) is 6.83. The van der Waals surface area contributed by atoms with Gasteiger partial charge in [0, 0.05) is 4.90 Å². The Hall–Kier alpha value is -2.72. The van der Waals surface area contributed by atoms with Crippen LogP contribution >= 0.6 is 23.1 Å². The van der Waals surface area contributed by atoms with E-state index in [1.165, 1.54) is 23.1 Å². The lowest BCUT2D eigenvalue weighted by Gasteiger charge is -2.09. The molecule has 0 atom stereocenters. The number of hydrogen-bond acceptors (Lipinski definition) is 8. The van der Waals surface area contributed by atoms with E-state index in [1.54, 1.807) is 6.07 Å². The summed E-state index contributed by atoms with van der Waals surface area (Å²) in [7, 11) is 0. The van der Waals surface area contributed by atoms with Crippen molar-refractivity contribution in [1.29, 1.82) is 0 Å². The Morgan fingerprint density at radius 1 is 1.27 bits per heavy atom. The molecule has 2 aromatic heterocycles. The van der Waals surface area contributed by atoms with Crippen molar-refractivity contribution in [2.45, 2.75) is 11.4 Å². The summed E-state index contributed by atoms with van der Waals surface area (Å²) in [6.07, 6.45) is 1.92. The van der Waals surface area contributed by atoms with E-state index in [-0.39, 0.29) is 13.2 Å². The van der Waals surface area contributed by atoms with Gasteiger partial charge in [-0.2, -0.15) is 4.80 Å². The molecular weight excluding hydrogens is 374 g/mol. The van der Waals surface area contributed by atoms with Crippen LogP contribution in [0.1, 0.15) is 0 Å². The summed E-state index contributed by atoms with van der Waals surface area (Å²) in [4.78, 5) is 26.7. The second kappa shape index (κ2) is 8.59. The molecule has 0 aliphatic carbocycles. The third-order valence-electron chi connectivity index (χ3n) is 3.21. The van der Waals surface area contributed by atoms with Crippen LogP contribution in [0.25, 0.3) is 10.7 Å². The van der Waals surface area contributed by atoms with Crippen LogP contribution in [0, 0.1) is 0 Å². The van der Waals surface area contributed by atoms with E-state index < -0.39 is 11.9 Å². The minimum absolute atomic E-state index is 0.215. The van der Waals surface area contributed by atoms with Crippen LogP contribution in [0.5, 0.6) is 0 Å². The topological polar surface area (TPSA) is 99.0 Å². The van der Waals surface area contributed by atoms with E-state index >= 15 is 0 Å². The molecule has 8 nitrogen and oxygen atoms in total. The lowest BCUT2D eigenvalue weighted by Crippen LogP contribution is -2.23. The Morgan fingerprint density at radius 2 is 2.12 bits per heavy atom. The number of nitrogens with zero attached hydrogens (tertiary/aromatic N) is 4. The highest BCUT2D eigenvalue weighted by molar-refractivity contribution is 7.98. The Morgan fingerprint density at radius 3 is 2.88 bits per heavy atom. The lowest BCUT2D eigenvalue weighted by molar-refractivity contribution is -0.148. The van der Waals surface area contributed by atoms with Gasteiger partial charge >= 0.3 is 5.97 Å². The molecule has 26 heavy (non-hydrogen) atoms. The number of hydrogen-bond donors (Lipinski definition) is 1. The zero-order chi connectivity index (χ0) is 18.4. The number of thioether (sulfide) groups is 1. The largest absolute Gasteiger partial charge is 0.454 e. The number of rotatable bonds is 7. The predicted molar refractivity (Wildman–Crippen MR) is 98.9 cm³/mol. The highest BCUT2D eigenvalue weighted by atomic mass is 32.2. The van der Waals surface area contributed by atoms with Crippen molar-refractivity contribution >= 4 is 40.7 Å². The summed E-state index contributed by atoms with van der Waals surface area (Å²) in [6, 6.07) is 11.1. The molecule has 2 heterocycles. The number of carbonyl (C=O) groups excluding carboxylic acids is 2. The first kappa shape index (κ1) is 18.1. The SMILES string of the molecule is CSc1ccccc1NC(=O)COC(=O)Cn1nnc(-c2cccs2)n1. The van der Waals surface area contributed by atoms with Gasteiger partial charge in [-0.25, -0.2) is 4.79 Å². The number of anilines is 1. The first-order chi connectivity index (χ1) is 12.7. The van der Waals surface area contributed by atoms with Crippen LogP contribution in [0.2, 0.25) is 0 Å². The van der Waals surface area contributed by atoms with Crippen molar-refractivity contribution in [1.82, 2.24) is 20.2 Å². The average molecular weight is 389 g/mol. The quantitative estimate of drug-likeness (QED) is 0.489. The average Bonchev–Trinajstić information content (AvgIpc) is 3.32. The number of tetrazole rings is 1. The molecule has 0 spiro atoms. The fourth-order valence-electron chi connectivity index (χ4n) is 2.06. The molecule has 3 aromatic rings. The van der Waals surface area contributed by atoms with E-state index in [4.69, 9.17) is 4.74 Å². The lowest BCUT2D eigenvalue weighted by atomic mass is 10.3. The molecule has 10 heteroatoms. The number of amides is 1. The number of nitrogens with one attached hydrogen (secondary N) is 1. The van der Waals surface area contributed by atoms with Crippen LogP contribution in [0.3, 0.4) is 0 Å². The van der Waals surface area contributed by atoms with E-state index in [2.05, 4.69) is 20.7 Å². The van der Waals surface area contributed by atoms with Crippen molar-refractivity contribution in [3.63, 3.8) is 0 Å². The first-order valence-electron chi connectivity index (χ1n) is 7.56. The molecule has 1 N–H and O–H groups in total. The van der Waals surface area contributed by atoms with Crippen LogP contribution in [-0.2, 0) is 20.9 Å². The van der Waals surface area contributed by atoms with Gasteiger partial charge in [-0.3, -0.25) is 4.79 Å². The fraction of sp³-hybridized carbons (Fsp3) is 0.188. The molecule has 0 aliphatic heterocycles. The van der Waals surface area contributed by atoms with Crippen LogP contribution < -0.4 is 5.32 Å². The van der Waals surface area contributed by atoms with Gasteiger partial charge in [0.05, 0.1) is 10.6 Å². The summed E-state index contributed by atoms with van der Waals surface area (Å²) in [6.45, 7) is -0.596. The maximum Gasteiger partial charge on any atom is 0.330 e. The van der Waals surface area contributed by atoms with E-state index in [9.17, 15) is 9.59 Å². The van der Waals surface area contributed by atoms with Crippen LogP contribution in [0.4, 0.5) is 5.69 Å². The molecule has 0 bridgehead atoms. The summed E-state index contributed by atoms with van der Waals surface area (Å²) in [5, 5.41) is 16.4. The first-order valence-corrected chi connectivity index (χ1v) is 9.66. The zero-order valence-electron chi connectivity index (χ0n) is 13.8. The van der Waals surface area contributed by atoms with Crippen molar-refractivity contribution < 1.29 is 14.3 Å². The summed E-state index contributed by atoms with van der Waals surface area (Å²) in [5.74, 6) is -0.585. The number of thiophene rings is 1. The summed E-state index contributed by atoms with van der Waals surface area (Å²) in [5.41, 5.74) is 0.680. The third kappa shape index (κ3) is 4.67. The fourth-order valence-corrected chi connectivity index (χ4v) is 3.26. The van der Waals surface area contributed by atoms with Crippen molar-refractivity contribution in [3.8, 4) is 10.7 Å². The molecule has 0 radical (unpaired) electrons. The third-order valence-corrected chi connectivity index (χ3v) is 4.87. The van der Waals surface area contributed by atoms with Gasteiger partial charge in [0.1, 0.15) is 0 Å². The monoisotopic (exact) mass is 389 g/mol. The molecule has 0 aliphatic rings. The van der Waals surface area contributed by atoms with Crippen molar-refractivity contribution in [2.75, 3.05) is 18.2 Å². The Kier molecular flexibility index (Phi) is 5.97. The zero-order valence-corrected chi connectivity index (χ0v) is 15.4. The molecule has 1 aromatic carbocycles. The van der Waals surface area contributed by atoms with Gasteiger partial charge in [0.2, 0.25) is 5.82 Å². The van der Waals surface area contributed by atoms with Gasteiger partial charge in [-0.15, -0.1) is 33.3 Å². The maximum atomic E-state index is 12.0. The minimum Gasteiger partial charge on any atom is -0.454 e. The Bertz CT molecular complexity index is 895. The van der Waals surface area contributed by atoms with Gasteiger partial charge in [0.25, 0.3) is 5.91 Å². The predicted octanol–water partition coefficient (Wildman–Crippen LogP) is 2.31. The normalized spacial score (nSPS) is 10.5. The minimum atomic E-state index is -0.617. The van der Waals surface area contributed by atoms with Crippen LogP contribution in [0.15, 0.2) is 46.7 Å². The van der Waals surface area contributed by atoms with Gasteiger partial charge in [-0.1, -0.05) is 18.2 Å². The highest BCUT2D eigenvalue weighted by Crippen LogP contribution is 2.24. The standard InChI is InChI=1S/C16H15N5O3S2/c1-25-12-6-3-2-5-11(12)17-14(22)10-24-15(23)9-21-19-16(18-20-21)13-7-4-8-26-13/h2-8H,9-10H2,1H3,(H,17,22). The Balaban J connectivity index is 1.49. The molecule has 134 valence electrons. The van der Waals surface area contributed by atoms with Crippen molar-refractivity contribution in [3.05, 3.63) is 41.8 Å². The molecule has 0 fully saturated rings. The van der Waals surface area contributed by atoms with Crippen molar-refractivity contribution in [2.24, 2.45) is 0 Å². The van der Waals surface area contributed by atoms with Gasteiger partial charge in [0.15, 0.2) is 13.2 Å². The van der Waals surface area contributed by atoms with Gasteiger partial charge < -0.3 is 10.1 Å². The summed E-state index contributed by atoms with van der Waals surface area (Å²) >= 11 is 2.99. The molecule has 0 saturated carbocycles. The number of aromatic nitrogens is 4. The number of esters is 1. The van der Waals surface area contributed by atoms with Gasteiger partial charge in [-0.05, 0) is 35.0 Å². The second-order valence-electron chi connectivity index (χ2n) is 5.03. The molecular formula is C16H15N5O3S2. The van der Waals surface area contributed by atoms with Crippen LogP contribution in [-0.4, -0.2) is 44.9 Å². The highest BCUT2D eigenvalue weighted by Gasteiger charge is 2.13. The molecule has 0 unspecified atom stereocenters. The van der Waals surface area contributed by atoms with E-state index in [1.807, 2.05) is 42.0 Å². The smallest absolute Gasteiger partial charge is 0.330 e. The van der Waals surface area contributed by atoms with E-state index in [0.29, 0.717) is 11.5 Å². The molecule has 1 amide bonds. The number of para-hydroxylation sites is 1. The molecule has 3 rings (SSSR count). The number of carbonyl (C=O) groups is 2. The number of ether oxygens (including phenoxy) is 1.